The van der Waals surface area contributed by atoms with E-state index in [2.05, 4.69) is 15.4 Å². The Kier molecular flexibility index (Phi) is 6.32. The number of hydrogen-bond donors (Lipinski definition) is 1. The molecule has 2 unspecified atom stereocenters. The number of nitrogens with one attached hydrogen (secondary N) is 1. The number of halogens is 3. The van der Waals surface area contributed by atoms with Crippen molar-refractivity contribution in [2.24, 2.45) is 7.05 Å². The molecule has 3 aromatic heterocycles. The minimum Gasteiger partial charge on any atom is -0.349 e. The van der Waals surface area contributed by atoms with Crippen molar-refractivity contribution in [3.8, 4) is 0 Å². The second-order valence-corrected chi connectivity index (χ2v) is 9.61. The van der Waals surface area contributed by atoms with Gasteiger partial charge in [0.1, 0.15) is 17.5 Å². The first-order valence-corrected chi connectivity index (χ1v) is 11.4. The van der Waals surface area contributed by atoms with E-state index in [9.17, 15) is 18.0 Å². The van der Waals surface area contributed by atoms with Crippen molar-refractivity contribution in [2.45, 2.75) is 56.9 Å². The molecule has 6 nitrogen and oxygen atoms in total. The summed E-state index contributed by atoms with van der Waals surface area (Å²) in [5, 5.41) is 6.59. The number of imidazole rings is 1. The van der Waals surface area contributed by atoms with Crippen LogP contribution in [0.15, 0.2) is 30.6 Å². The number of pyridine rings is 1. The van der Waals surface area contributed by atoms with Crippen LogP contribution < -0.4 is 10.8 Å². The lowest BCUT2D eigenvalue weighted by molar-refractivity contribution is 0.0913. The van der Waals surface area contributed by atoms with Gasteiger partial charge in [-0.15, -0.1) is 0 Å². The van der Waals surface area contributed by atoms with E-state index in [1.165, 1.54) is 24.9 Å². The summed E-state index contributed by atoms with van der Waals surface area (Å²) in [7, 11) is 2.07. The number of aromatic nitrogens is 4. The maximum absolute atomic E-state index is 13.6. The Bertz CT molecular complexity index is 1070. The Morgan fingerprint density at radius 1 is 1.19 bits per heavy atom. The number of rotatable bonds is 6. The van der Waals surface area contributed by atoms with Crippen LogP contribution in [-0.4, -0.2) is 36.8 Å². The fourth-order valence-electron chi connectivity index (χ4n) is 4.04. The van der Waals surface area contributed by atoms with Gasteiger partial charge in [-0.25, -0.2) is 18.2 Å². The average Bonchev–Trinajstić information content (AvgIpc) is 3.34. The highest BCUT2D eigenvalue weighted by atomic mass is 31.1. The van der Waals surface area contributed by atoms with E-state index >= 15 is 0 Å². The van der Waals surface area contributed by atoms with Gasteiger partial charge in [0.05, 0.1) is 11.3 Å². The lowest BCUT2D eigenvalue weighted by Crippen LogP contribution is -2.38. The summed E-state index contributed by atoms with van der Waals surface area (Å²) in [5.41, 5.74) is 2.21. The highest BCUT2D eigenvalue weighted by Gasteiger charge is 2.27. The van der Waals surface area contributed by atoms with Crippen LogP contribution in [0.5, 0.6) is 0 Å². The van der Waals surface area contributed by atoms with Crippen LogP contribution in [0, 0.1) is 0 Å². The number of amides is 1. The van der Waals surface area contributed by atoms with Gasteiger partial charge in [0.25, 0.3) is 12.3 Å². The molecule has 0 aliphatic heterocycles. The molecule has 1 fully saturated rings. The predicted molar refractivity (Wildman–Crippen MR) is 114 cm³/mol. The van der Waals surface area contributed by atoms with E-state index in [-0.39, 0.29) is 11.6 Å². The molecule has 0 aromatic carbocycles. The molecule has 2 atom stereocenters. The smallest absolute Gasteiger partial charge is 0.282 e. The number of fused-ring (bicyclic) bond motifs is 1. The molecule has 1 aliphatic rings. The van der Waals surface area contributed by atoms with Crippen LogP contribution >= 0.6 is 8.58 Å². The summed E-state index contributed by atoms with van der Waals surface area (Å²) in [6.45, 7) is 1.48. The van der Waals surface area contributed by atoms with Crippen LogP contribution in [0.1, 0.15) is 66.9 Å². The molecular weight excluding hydrogens is 426 g/mol. The summed E-state index contributed by atoms with van der Waals surface area (Å²) in [6.07, 6.45) is 2.64. The zero-order chi connectivity index (χ0) is 22.1. The minimum absolute atomic E-state index is 0.0395. The summed E-state index contributed by atoms with van der Waals surface area (Å²) in [6, 6.07) is 5.82. The zero-order valence-electron chi connectivity index (χ0n) is 17.4. The van der Waals surface area contributed by atoms with Crippen molar-refractivity contribution in [1.29, 1.82) is 0 Å². The van der Waals surface area contributed by atoms with Gasteiger partial charge < -0.3 is 5.32 Å². The molecule has 166 valence electrons. The van der Waals surface area contributed by atoms with Crippen LogP contribution in [0.25, 0.3) is 5.65 Å². The third-order valence-corrected chi connectivity index (χ3v) is 7.33. The van der Waals surface area contributed by atoms with Crippen molar-refractivity contribution in [3.63, 3.8) is 0 Å². The van der Waals surface area contributed by atoms with Gasteiger partial charge in [-0.3, -0.25) is 13.9 Å². The predicted octanol–water partition coefficient (Wildman–Crippen LogP) is 4.08. The fraction of sp³-hybridized carbons (Fsp3) is 0.476. The van der Waals surface area contributed by atoms with Gasteiger partial charge in [-0.2, -0.15) is 5.10 Å². The summed E-state index contributed by atoms with van der Waals surface area (Å²) in [4.78, 5) is 16.8. The van der Waals surface area contributed by atoms with Crippen LogP contribution in [0.4, 0.5) is 13.2 Å². The number of carbonyl (C=O) groups is 1. The molecule has 1 aliphatic carbocycles. The monoisotopic (exact) mass is 451 g/mol. The van der Waals surface area contributed by atoms with Crippen molar-refractivity contribution in [2.75, 3.05) is 0 Å². The summed E-state index contributed by atoms with van der Waals surface area (Å²) >= 11 is 0. The molecule has 0 saturated heterocycles. The normalized spacial score (nSPS) is 20.7. The van der Waals surface area contributed by atoms with E-state index in [0.29, 0.717) is 19.9 Å². The van der Waals surface area contributed by atoms with E-state index in [0.717, 1.165) is 36.8 Å². The zero-order valence-corrected chi connectivity index (χ0v) is 18.4. The number of nitrogens with zero attached hydrogens (tertiary/aromatic N) is 4. The second kappa shape index (κ2) is 8.99. The van der Waals surface area contributed by atoms with Gasteiger partial charge in [0.2, 0.25) is 0 Å². The summed E-state index contributed by atoms with van der Waals surface area (Å²) in [5.74, 6) is -0.495. The number of carbonyl (C=O) groups excluding carboxylic acids is 1. The third kappa shape index (κ3) is 4.76. The number of alkyl halides is 3. The molecule has 1 N–H and O–H groups in total. The lowest BCUT2D eigenvalue weighted by atomic mass is 9.94. The van der Waals surface area contributed by atoms with Gasteiger partial charge in [0.15, 0.2) is 0 Å². The Morgan fingerprint density at radius 2 is 1.94 bits per heavy atom. The van der Waals surface area contributed by atoms with Gasteiger partial charge >= 0.3 is 0 Å². The molecule has 1 saturated carbocycles. The van der Waals surface area contributed by atoms with Crippen molar-refractivity contribution in [3.05, 3.63) is 47.5 Å². The van der Waals surface area contributed by atoms with Crippen molar-refractivity contribution >= 4 is 25.6 Å². The standard InChI is InChI=1S/C21H25F3N5OP/c1-12(22)16-11-29-17(26-16)4-3-5-18(29)31-14-8-6-13(7-9-14)25-21(30)15-10-28(2)27-19(15)20(23)24/h3-5,10-14,20,31H,6-9H2,1-2H3,(H,25,30). The van der Waals surface area contributed by atoms with E-state index in [4.69, 9.17) is 0 Å². The molecule has 3 aromatic rings. The fourth-order valence-corrected chi connectivity index (χ4v) is 5.59. The largest absolute Gasteiger partial charge is 0.349 e. The molecular formula is C21H25F3N5OP. The Balaban J connectivity index is 1.36. The highest BCUT2D eigenvalue weighted by molar-refractivity contribution is 7.47. The van der Waals surface area contributed by atoms with Crippen LogP contribution in [0.3, 0.4) is 0 Å². The maximum atomic E-state index is 13.6. The summed E-state index contributed by atoms with van der Waals surface area (Å²) < 4.78 is 43.1. The average molecular weight is 451 g/mol. The minimum atomic E-state index is -2.79. The van der Waals surface area contributed by atoms with Crippen LogP contribution in [0.2, 0.25) is 0 Å². The molecule has 0 bridgehead atoms. The quantitative estimate of drug-likeness (QED) is 0.575. The van der Waals surface area contributed by atoms with Gasteiger partial charge in [-0.05, 0) is 50.4 Å². The number of hydrogen-bond acceptors (Lipinski definition) is 3. The van der Waals surface area contributed by atoms with E-state index in [1.54, 1.807) is 6.20 Å². The SMILES string of the molecule is CC(F)c1cn2c(PC3CCC(NC(=O)c4cn(C)nc4C(F)F)CC3)cccc2n1. The van der Waals surface area contributed by atoms with Crippen molar-refractivity contribution in [1.82, 2.24) is 24.5 Å². The molecule has 31 heavy (non-hydrogen) atoms. The molecule has 0 spiro atoms. The molecule has 10 heteroatoms. The first-order valence-electron chi connectivity index (χ1n) is 10.3. The third-order valence-electron chi connectivity index (χ3n) is 5.64. The number of aryl methyl sites for hydroxylation is 1. The Labute approximate surface area is 180 Å². The molecule has 1 amide bonds. The molecule has 0 radical (unpaired) electrons. The first kappa shape index (κ1) is 21.8. The molecule has 4 rings (SSSR count). The maximum Gasteiger partial charge on any atom is 0.282 e. The van der Waals surface area contributed by atoms with Crippen molar-refractivity contribution < 1.29 is 18.0 Å². The van der Waals surface area contributed by atoms with E-state index < -0.39 is 24.2 Å². The van der Waals surface area contributed by atoms with Gasteiger partial charge in [0, 0.05) is 30.9 Å². The highest BCUT2D eigenvalue weighted by Crippen LogP contribution is 2.33. The lowest BCUT2D eigenvalue weighted by Gasteiger charge is -2.29. The second-order valence-electron chi connectivity index (χ2n) is 7.99. The molecule has 3 heterocycles. The van der Waals surface area contributed by atoms with Gasteiger partial charge in [-0.1, -0.05) is 14.6 Å². The topological polar surface area (TPSA) is 64.2 Å². The van der Waals surface area contributed by atoms with E-state index in [1.807, 2.05) is 22.6 Å². The Hall–Kier alpha value is -2.41. The Morgan fingerprint density at radius 3 is 2.61 bits per heavy atom. The first-order chi connectivity index (χ1) is 14.8. The van der Waals surface area contributed by atoms with Crippen LogP contribution in [-0.2, 0) is 7.05 Å².